The highest BCUT2D eigenvalue weighted by Crippen LogP contribution is 2.05. The van der Waals surface area contributed by atoms with Gasteiger partial charge in [0.1, 0.15) is 5.69 Å². The van der Waals surface area contributed by atoms with Gasteiger partial charge in [-0.05, 0) is 19.1 Å². The Bertz CT molecular complexity index is 292. The van der Waals surface area contributed by atoms with Gasteiger partial charge in [-0.25, -0.2) is 0 Å². The molecule has 0 fully saturated rings. The summed E-state index contributed by atoms with van der Waals surface area (Å²) in [5, 5.41) is 0. The lowest BCUT2D eigenvalue weighted by atomic mass is 10.1. The summed E-state index contributed by atoms with van der Waals surface area (Å²) in [6.45, 7) is 5.65. The second kappa shape index (κ2) is 3.48. The Morgan fingerprint density at radius 1 is 1.42 bits per heavy atom. The first-order valence-electron chi connectivity index (χ1n) is 4.09. The maximum absolute atomic E-state index is 11.4. The molecule has 0 aromatic carbocycles. The molecule has 12 heavy (non-hydrogen) atoms. The van der Waals surface area contributed by atoms with Crippen LogP contribution in [-0.4, -0.2) is 10.8 Å². The Kier molecular flexibility index (Phi) is 2.58. The molecule has 64 valence electrons. The topological polar surface area (TPSA) is 30.0 Å². The van der Waals surface area contributed by atoms with E-state index in [1.165, 1.54) is 0 Å². The predicted octanol–water partition coefficient (Wildman–Crippen LogP) is 2.23. The maximum atomic E-state index is 11.4. The van der Waals surface area contributed by atoms with Crippen LogP contribution in [0.3, 0.4) is 0 Å². The molecule has 0 atom stereocenters. The second-order valence-electron chi connectivity index (χ2n) is 3.18. The Morgan fingerprint density at radius 2 is 2.08 bits per heavy atom. The van der Waals surface area contributed by atoms with E-state index in [2.05, 4.69) is 4.98 Å². The molecule has 0 radical (unpaired) electrons. The van der Waals surface area contributed by atoms with Gasteiger partial charge in [0.05, 0.1) is 0 Å². The minimum Gasteiger partial charge on any atom is -0.292 e. The van der Waals surface area contributed by atoms with E-state index in [1.807, 2.05) is 32.9 Å². The molecule has 0 aliphatic rings. The number of rotatable bonds is 2. The van der Waals surface area contributed by atoms with Crippen molar-refractivity contribution in [2.45, 2.75) is 20.8 Å². The predicted molar refractivity (Wildman–Crippen MR) is 48.1 cm³/mol. The molecule has 0 amide bonds. The molecule has 0 spiro atoms. The summed E-state index contributed by atoms with van der Waals surface area (Å²) in [6, 6.07) is 5.50. The van der Waals surface area contributed by atoms with E-state index in [4.69, 9.17) is 0 Å². The number of Topliss-reactive ketones (excluding diaryl/α,β-unsaturated/α-hetero) is 1. The van der Waals surface area contributed by atoms with Gasteiger partial charge in [-0.1, -0.05) is 19.9 Å². The largest absolute Gasteiger partial charge is 0.292 e. The highest BCUT2D eigenvalue weighted by atomic mass is 16.1. The molecule has 0 bridgehead atoms. The van der Waals surface area contributed by atoms with Crippen LogP contribution in [0.15, 0.2) is 18.2 Å². The summed E-state index contributed by atoms with van der Waals surface area (Å²) >= 11 is 0. The van der Waals surface area contributed by atoms with Gasteiger partial charge in [0, 0.05) is 11.6 Å². The van der Waals surface area contributed by atoms with Crippen molar-refractivity contribution < 1.29 is 4.79 Å². The molecule has 2 nitrogen and oxygen atoms in total. The number of aryl methyl sites for hydroxylation is 1. The van der Waals surface area contributed by atoms with E-state index in [-0.39, 0.29) is 11.7 Å². The van der Waals surface area contributed by atoms with Crippen LogP contribution in [0.2, 0.25) is 0 Å². The lowest BCUT2D eigenvalue weighted by molar-refractivity contribution is 0.0934. The highest BCUT2D eigenvalue weighted by Gasteiger charge is 2.10. The van der Waals surface area contributed by atoms with E-state index in [0.29, 0.717) is 5.69 Å². The summed E-state index contributed by atoms with van der Waals surface area (Å²) in [4.78, 5) is 15.6. The van der Waals surface area contributed by atoms with Crippen molar-refractivity contribution in [1.82, 2.24) is 4.98 Å². The average molecular weight is 163 g/mol. The third-order valence-corrected chi connectivity index (χ3v) is 1.67. The summed E-state index contributed by atoms with van der Waals surface area (Å²) in [5.74, 6) is 0.137. The number of aromatic nitrogens is 1. The van der Waals surface area contributed by atoms with Crippen molar-refractivity contribution >= 4 is 5.78 Å². The number of nitrogens with zero attached hydrogens (tertiary/aromatic N) is 1. The second-order valence-corrected chi connectivity index (χ2v) is 3.18. The van der Waals surface area contributed by atoms with Crippen LogP contribution in [-0.2, 0) is 0 Å². The SMILES string of the molecule is Cc1cccc(C(=O)C(C)C)n1. The minimum absolute atomic E-state index is 0.0271. The Hall–Kier alpha value is -1.18. The van der Waals surface area contributed by atoms with E-state index < -0.39 is 0 Å². The number of carbonyl (C=O) groups is 1. The Morgan fingerprint density at radius 3 is 2.58 bits per heavy atom. The normalized spacial score (nSPS) is 10.3. The highest BCUT2D eigenvalue weighted by molar-refractivity contribution is 5.95. The fraction of sp³-hybridized carbons (Fsp3) is 0.400. The fourth-order valence-electron chi connectivity index (χ4n) is 0.976. The van der Waals surface area contributed by atoms with E-state index in [9.17, 15) is 4.79 Å². The van der Waals surface area contributed by atoms with Gasteiger partial charge in [0.15, 0.2) is 5.78 Å². The molecule has 0 saturated heterocycles. The van der Waals surface area contributed by atoms with Crippen molar-refractivity contribution in [3.8, 4) is 0 Å². The van der Waals surface area contributed by atoms with Crippen LogP contribution in [0, 0.1) is 12.8 Å². The smallest absolute Gasteiger partial charge is 0.183 e. The molecular weight excluding hydrogens is 150 g/mol. The van der Waals surface area contributed by atoms with Crippen LogP contribution in [0.25, 0.3) is 0 Å². The number of hydrogen-bond acceptors (Lipinski definition) is 2. The molecule has 1 aromatic rings. The van der Waals surface area contributed by atoms with Gasteiger partial charge in [-0.15, -0.1) is 0 Å². The van der Waals surface area contributed by atoms with E-state index >= 15 is 0 Å². The number of hydrogen-bond donors (Lipinski definition) is 0. The van der Waals surface area contributed by atoms with Crippen LogP contribution in [0.4, 0.5) is 0 Å². The van der Waals surface area contributed by atoms with Gasteiger partial charge in [0.25, 0.3) is 0 Å². The van der Waals surface area contributed by atoms with E-state index in [1.54, 1.807) is 6.07 Å². The van der Waals surface area contributed by atoms with Crippen LogP contribution in [0.5, 0.6) is 0 Å². The lowest BCUT2D eigenvalue weighted by Gasteiger charge is -2.02. The maximum Gasteiger partial charge on any atom is 0.183 e. The average Bonchev–Trinajstić information content (AvgIpc) is 2.03. The zero-order valence-corrected chi connectivity index (χ0v) is 7.66. The summed E-state index contributed by atoms with van der Waals surface area (Å²) in [5.41, 5.74) is 1.46. The third-order valence-electron chi connectivity index (χ3n) is 1.67. The minimum atomic E-state index is 0.0271. The number of carbonyl (C=O) groups excluding carboxylic acids is 1. The molecule has 0 unspecified atom stereocenters. The van der Waals surface area contributed by atoms with Gasteiger partial charge in [0.2, 0.25) is 0 Å². The molecule has 1 heterocycles. The molecule has 1 rings (SSSR count). The first-order valence-corrected chi connectivity index (χ1v) is 4.09. The zero-order chi connectivity index (χ0) is 9.14. The zero-order valence-electron chi connectivity index (χ0n) is 7.66. The third kappa shape index (κ3) is 1.91. The van der Waals surface area contributed by atoms with Gasteiger partial charge in [-0.3, -0.25) is 9.78 Å². The number of ketones is 1. The molecule has 1 aromatic heterocycles. The first kappa shape index (κ1) is 8.91. The molecule has 0 aliphatic heterocycles. The van der Waals surface area contributed by atoms with Crippen LogP contribution >= 0.6 is 0 Å². The van der Waals surface area contributed by atoms with Crippen LogP contribution in [0.1, 0.15) is 30.0 Å². The molecule has 0 aliphatic carbocycles. The first-order chi connectivity index (χ1) is 5.61. The van der Waals surface area contributed by atoms with E-state index in [0.717, 1.165) is 5.69 Å². The van der Waals surface area contributed by atoms with Crippen molar-refractivity contribution in [3.63, 3.8) is 0 Å². The quantitative estimate of drug-likeness (QED) is 0.626. The molecular formula is C10H13NO. The van der Waals surface area contributed by atoms with Gasteiger partial charge >= 0.3 is 0 Å². The molecule has 0 saturated carbocycles. The molecule has 0 N–H and O–H groups in total. The standard InChI is InChI=1S/C10H13NO/c1-7(2)10(12)9-6-4-5-8(3)11-9/h4-7H,1-3H3. The fourth-order valence-corrected chi connectivity index (χ4v) is 0.976. The summed E-state index contributed by atoms with van der Waals surface area (Å²) < 4.78 is 0. The van der Waals surface area contributed by atoms with Gasteiger partial charge in [-0.2, -0.15) is 0 Å². The Balaban J connectivity index is 2.96. The van der Waals surface area contributed by atoms with Crippen molar-refractivity contribution in [3.05, 3.63) is 29.6 Å². The number of pyridine rings is 1. The lowest BCUT2D eigenvalue weighted by Crippen LogP contribution is -2.09. The van der Waals surface area contributed by atoms with Crippen molar-refractivity contribution in [2.75, 3.05) is 0 Å². The Labute approximate surface area is 72.6 Å². The van der Waals surface area contributed by atoms with Crippen molar-refractivity contribution in [2.24, 2.45) is 5.92 Å². The molecule has 2 heteroatoms. The van der Waals surface area contributed by atoms with Crippen LogP contribution < -0.4 is 0 Å². The van der Waals surface area contributed by atoms with Crippen molar-refractivity contribution in [1.29, 1.82) is 0 Å². The summed E-state index contributed by atoms with van der Waals surface area (Å²) in [6.07, 6.45) is 0. The summed E-state index contributed by atoms with van der Waals surface area (Å²) in [7, 11) is 0. The monoisotopic (exact) mass is 163 g/mol. The van der Waals surface area contributed by atoms with Gasteiger partial charge < -0.3 is 0 Å².